The van der Waals surface area contributed by atoms with Crippen molar-refractivity contribution in [3.63, 3.8) is 0 Å². The van der Waals surface area contributed by atoms with E-state index in [1.165, 1.54) is 24.8 Å². The van der Waals surface area contributed by atoms with Crippen molar-refractivity contribution in [2.75, 3.05) is 19.8 Å². The van der Waals surface area contributed by atoms with Crippen LogP contribution in [0.25, 0.3) is 0 Å². The van der Waals surface area contributed by atoms with Crippen LogP contribution in [-0.2, 0) is 14.9 Å². The molecule has 1 aromatic carbocycles. The van der Waals surface area contributed by atoms with Gasteiger partial charge in [0.2, 0.25) is 5.91 Å². The quantitative estimate of drug-likeness (QED) is 0.886. The van der Waals surface area contributed by atoms with Crippen molar-refractivity contribution in [3.8, 4) is 0 Å². The highest BCUT2D eigenvalue weighted by molar-refractivity contribution is 5.83. The first-order chi connectivity index (χ1) is 12.7. The van der Waals surface area contributed by atoms with Crippen LogP contribution in [0.4, 0.5) is 0 Å². The molecule has 0 unspecified atom stereocenters. The smallest absolute Gasteiger partial charge is 0.226 e. The summed E-state index contributed by atoms with van der Waals surface area (Å²) in [6.45, 7) is 2.35. The molecule has 3 heteroatoms. The number of carbonyl (C=O) groups excluding carboxylic acids is 1. The van der Waals surface area contributed by atoms with Crippen LogP contribution in [0.15, 0.2) is 30.3 Å². The monoisotopic (exact) mass is 353 g/mol. The van der Waals surface area contributed by atoms with Gasteiger partial charge in [-0.2, -0.15) is 0 Å². The molecule has 1 aliphatic heterocycles. The summed E-state index contributed by atoms with van der Waals surface area (Å²) < 4.78 is 5.64. The third kappa shape index (κ3) is 2.79. The van der Waals surface area contributed by atoms with Gasteiger partial charge in [0.15, 0.2) is 0 Å². The predicted octanol–water partition coefficient (Wildman–Crippen LogP) is 4.07. The van der Waals surface area contributed by atoms with Gasteiger partial charge in [-0.1, -0.05) is 30.3 Å². The van der Waals surface area contributed by atoms with E-state index in [0.717, 1.165) is 69.6 Å². The molecule has 1 aromatic rings. The van der Waals surface area contributed by atoms with Crippen molar-refractivity contribution in [2.45, 2.75) is 56.8 Å². The van der Waals surface area contributed by atoms with Crippen LogP contribution in [0.2, 0.25) is 0 Å². The number of nitrogens with one attached hydrogen (secondary N) is 1. The van der Waals surface area contributed by atoms with Crippen molar-refractivity contribution >= 4 is 5.91 Å². The molecular formula is C23H31NO2. The molecule has 5 aliphatic rings. The van der Waals surface area contributed by atoms with Gasteiger partial charge in [0.05, 0.1) is 0 Å². The molecule has 5 fully saturated rings. The lowest BCUT2D eigenvalue weighted by Crippen LogP contribution is -2.55. The van der Waals surface area contributed by atoms with E-state index < -0.39 is 0 Å². The minimum atomic E-state index is -0.0439. The maximum atomic E-state index is 13.4. The van der Waals surface area contributed by atoms with Crippen molar-refractivity contribution in [3.05, 3.63) is 35.9 Å². The summed E-state index contributed by atoms with van der Waals surface area (Å²) in [4.78, 5) is 13.4. The lowest BCUT2D eigenvalue weighted by atomic mass is 9.49. The molecule has 4 bridgehead atoms. The van der Waals surface area contributed by atoms with Gasteiger partial charge in [-0.3, -0.25) is 4.79 Å². The molecule has 4 aliphatic carbocycles. The number of hydrogen-bond acceptors (Lipinski definition) is 2. The molecule has 0 atom stereocenters. The molecular weight excluding hydrogens is 322 g/mol. The molecule has 26 heavy (non-hydrogen) atoms. The average Bonchev–Trinajstić information content (AvgIpc) is 2.66. The molecule has 0 aromatic heterocycles. The third-order valence-electron chi connectivity index (χ3n) is 7.94. The summed E-state index contributed by atoms with van der Waals surface area (Å²) in [5.41, 5.74) is 1.35. The Kier molecular flexibility index (Phi) is 4.11. The van der Waals surface area contributed by atoms with Gasteiger partial charge in [0.25, 0.3) is 0 Å². The van der Waals surface area contributed by atoms with Gasteiger partial charge in [-0.25, -0.2) is 0 Å². The normalized spacial score (nSPS) is 37.5. The Morgan fingerprint density at radius 1 is 0.962 bits per heavy atom. The zero-order valence-electron chi connectivity index (χ0n) is 15.7. The van der Waals surface area contributed by atoms with Crippen molar-refractivity contribution in [1.29, 1.82) is 0 Å². The van der Waals surface area contributed by atoms with E-state index in [1.807, 2.05) is 0 Å². The Bertz CT molecular complexity index is 627. The first-order valence-electron chi connectivity index (χ1n) is 10.6. The summed E-state index contributed by atoms with van der Waals surface area (Å²) in [7, 11) is 0. The molecule has 1 N–H and O–H groups in total. The highest BCUT2D eigenvalue weighted by Gasteiger charge is 2.54. The van der Waals surface area contributed by atoms with E-state index in [1.54, 1.807) is 0 Å². The second-order valence-corrected chi connectivity index (χ2v) is 9.64. The van der Waals surface area contributed by atoms with Crippen LogP contribution in [0, 0.1) is 23.2 Å². The molecule has 1 amide bonds. The fourth-order valence-corrected chi connectivity index (χ4v) is 6.95. The third-order valence-corrected chi connectivity index (χ3v) is 7.94. The Balaban J connectivity index is 1.33. The minimum Gasteiger partial charge on any atom is -0.381 e. The summed E-state index contributed by atoms with van der Waals surface area (Å²) in [6, 6.07) is 10.8. The van der Waals surface area contributed by atoms with E-state index in [4.69, 9.17) is 4.74 Å². The second-order valence-electron chi connectivity index (χ2n) is 9.64. The van der Waals surface area contributed by atoms with Crippen LogP contribution in [0.1, 0.15) is 56.9 Å². The Morgan fingerprint density at radius 3 is 2.12 bits per heavy atom. The molecule has 4 saturated carbocycles. The topological polar surface area (TPSA) is 38.3 Å². The fourth-order valence-electron chi connectivity index (χ4n) is 6.95. The van der Waals surface area contributed by atoms with E-state index >= 15 is 0 Å². The molecule has 3 nitrogen and oxygen atoms in total. The van der Waals surface area contributed by atoms with E-state index in [2.05, 4.69) is 35.6 Å². The SMILES string of the molecule is O=C(NCC1(c2ccccc2)CCOCC1)C12CC3CC(CC(C3)C1)C2. The zero-order chi connectivity index (χ0) is 17.6. The lowest BCUT2D eigenvalue weighted by molar-refractivity contribution is -0.146. The first-order valence-corrected chi connectivity index (χ1v) is 10.6. The largest absolute Gasteiger partial charge is 0.381 e. The van der Waals surface area contributed by atoms with Gasteiger partial charge in [0.1, 0.15) is 0 Å². The number of carbonyl (C=O) groups is 1. The maximum absolute atomic E-state index is 13.4. The van der Waals surface area contributed by atoms with E-state index in [-0.39, 0.29) is 10.8 Å². The molecule has 0 radical (unpaired) electrons. The molecule has 0 spiro atoms. The van der Waals surface area contributed by atoms with Crippen LogP contribution in [-0.4, -0.2) is 25.7 Å². The predicted molar refractivity (Wildman–Crippen MR) is 102 cm³/mol. The number of benzene rings is 1. The summed E-state index contributed by atoms with van der Waals surface area (Å²) in [5.74, 6) is 2.81. The van der Waals surface area contributed by atoms with Crippen molar-refractivity contribution in [1.82, 2.24) is 5.32 Å². The van der Waals surface area contributed by atoms with Gasteiger partial charge < -0.3 is 10.1 Å². The summed E-state index contributed by atoms with van der Waals surface area (Å²) in [5, 5.41) is 3.45. The second kappa shape index (κ2) is 6.37. The van der Waals surface area contributed by atoms with E-state index in [9.17, 15) is 4.79 Å². The molecule has 140 valence electrons. The van der Waals surface area contributed by atoms with Gasteiger partial charge in [-0.15, -0.1) is 0 Å². The Morgan fingerprint density at radius 2 is 1.54 bits per heavy atom. The van der Waals surface area contributed by atoms with Crippen LogP contribution in [0.3, 0.4) is 0 Å². The standard InChI is InChI=1S/C23H31NO2/c25-21(23-13-17-10-18(14-23)12-19(11-17)15-23)24-16-22(6-8-26-9-7-22)20-4-2-1-3-5-20/h1-5,17-19H,6-16H2,(H,24,25). The lowest BCUT2D eigenvalue weighted by Gasteiger charge is -2.55. The maximum Gasteiger partial charge on any atom is 0.226 e. The van der Waals surface area contributed by atoms with Crippen LogP contribution in [0.5, 0.6) is 0 Å². The number of hydrogen-bond donors (Lipinski definition) is 1. The fraction of sp³-hybridized carbons (Fsp3) is 0.696. The summed E-state index contributed by atoms with van der Waals surface area (Å²) >= 11 is 0. The van der Waals surface area contributed by atoms with Gasteiger partial charge >= 0.3 is 0 Å². The zero-order valence-corrected chi connectivity index (χ0v) is 15.7. The highest BCUT2D eigenvalue weighted by Crippen LogP contribution is 2.60. The number of ether oxygens (including phenoxy) is 1. The Hall–Kier alpha value is -1.35. The first kappa shape index (κ1) is 16.8. The number of amides is 1. The van der Waals surface area contributed by atoms with Gasteiger partial charge in [-0.05, 0) is 74.7 Å². The average molecular weight is 354 g/mol. The summed E-state index contributed by atoms with van der Waals surface area (Å²) in [6.07, 6.45) is 9.59. The van der Waals surface area contributed by atoms with E-state index in [0.29, 0.717) is 5.91 Å². The molecule has 6 rings (SSSR count). The van der Waals surface area contributed by atoms with Crippen LogP contribution < -0.4 is 5.32 Å². The molecule has 1 saturated heterocycles. The van der Waals surface area contributed by atoms with Crippen molar-refractivity contribution < 1.29 is 9.53 Å². The highest BCUT2D eigenvalue weighted by atomic mass is 16.5. The van der Waals surface area contributed by atoms with Crippen LogP contribution >= 0.6 is 0 Å². The van der Waals surface area contributed by atoms with Crippen molar-refractivity contribution in [2.24, 2.45) is 23.2 Å². The Labute approximate surface area is 156 Å². The number of rotatable bonds is 4. The molecule has 1 heterocycles. The minimum absolute atomic E-state index is 0.0392. The van der Waals surface area contributed by atoms with Gasteiger partial charge in [0, 0.05) is 30.6 Å².